The Balaban J connectivity index is 2.12. The summed E-state index contributed by atoms with van der Waals surface area (Å²) in [5, 5.41) is 7.37. The molecule has 1 aliphatic rings. The van der Waals surface area contributed by atoms with Crippen molar-refractivity contribution >= 4 is 15.9 Å². The van der Waals surface area contributed by atoms with Crippen molar-refractivity contribution in [2.45, 2.75) is 17.7 Å². The zero-order valence-electron chi connectivity index (χ0n) is 9.91. The molecule has 1 fully saturated rings. The fraction of sp³-hybridized carbons (Fsp3) is 0.455. The van der Waals surface area contributed by atoms with Crippen molar-refractivity contribution in [1.82, 2.24) is 9.29 Å². The molecule has 6 nitrogen and oxygen atoms in total. The maximum Gasteiger partial charge on any atom is 0.244 e. The molecule has 98 valence electrons. The minimum absolute atomic E-state index is 0.00495. The molecular formula is C11H16N4O2S. The van der Waals surface area contributed by atoms with Crippen LogP contribution >= 0.6 is 0 Å². The Morgan fingerprint density at radius 2 is 2.11 bits per heavy atom. The number of nitrogens with zero attached hydrogens (tertiary/aromatic N) is 2. The number of hydrogen-bond donors (Lipinski definition) is 2. The van der Waals surface area contributed by atoms with Crippen LogP contribution in [0.5, 0.6) is 0 Å². The van der Waals surface area contributed by atoms with E-state index >= 15 is 0 Å². The molecule has 1 aromatic heterocycles. The predicted molar refractivity (Wildman–Crippen MR) is 67.6 cm³/mol. The van der Waals surface area contributed by atoms with E-state index in [1.54, 1.807) is 18.3 Å². The number of amidine groups is 1. The van der Waals surface area contributed by atoms with E-state index in [-0.39, 0.29) is 16.6 Å². The molecule has 0 saturated carbocycles. The average molecular weight is 268 g/mol. The standard InChI is InChI=1S/C11H16N4O2S/c12-11(13)9-3-6-15(7-4-9)18(16,17)10-2-1-5-14-8-10/h1-2,5,8-9H,3-4,6-7H2,(H3,12,13). The Labute approximate surface area is 106 Å². The Bertz CT molecular complexity index is 521. The van der Waals surface area contributed by atoms with E-state index in [4.69, 9.17) is 11.1 Å². The van der Waals surface area contributed by atoms with Crippen molar-refractivity contribution in [3.05, 3.63) is 24.5 Å². The van der Waals surface area contributed by atoms with Gasteiger partial charge in [0.25, 0.3) is 0 Å². The lowest BCUT2D eigenvalue weighted by molar-refractivity contribution is 0.314. The van der Waals surface area contributed by atoms with Crippen LogP contribution in [0.25, 0.3) is 0 Å². The average Bonchev–Trinajstić information content (AvgIpc) is 2.40. The molecular weight excluding hydrogens is 252 g/mol. The van der Waals surface area contributed by atoms with Crippen LogP contribution in [-0.4, -0.2) is 36.6 Å². The van der Waals surface area contributed by atoms with Gasteiger partial charge in [0, 0.05) is 31.4 Å². The lowest BCUT2D eigenvalue weighted by Gasteiger charge is -2.30. The number of nitrogens with one attached hydrogen (secondary N) is 1. The molecule has 0 aliphatic carbocycles. The first kappa shape index (κ1) is 13.0. The van der Waals surface area contributed by atoms with E-state index in [2.05, 4.69) is 4.98 Å². The quantitative estimate of drug-likeness (QED) is 0.612. The molecule has 0 amide bonds. The molecule has 3 N–H and O–H groups in total. The van der Waals surface area contributed by atoms with Gasteiger partial charge in [-0.2, -0.15) is 4.31 Å². The zero-order chi connectivity index (χ0) is 13.2. The third-order valence-corrected chi connectivity index (χ3v) is 5.05. The fourth-order valence-corrected chi connectivity index (χ4v) is 3.49. The van der Waals surface area contributed by atoms with Gasteiger partial charge in [0.2, 0.25) is 10.0 Å². The van der Waals surface area contributed by atoms with Crippen LogP contribution < -0.4 is 5.73 Å². The van der Waals surface area contributed by atoms with E-state index in [0.29, 0.717) is 25.9 Å². The molecule has 0 atom stereocenters. The lowest BCUT2D eigenvalue weighted by Crippen LogP contribution is -2.41. The Morgan fingerprint density at radius 1 is 1.44 bits per heavy atom. The second kappa shape index (κ2) is 5.03. The van der Waals surface area contributed by atoms with Gasteiger partial charge in [0.05, 0.1) is 5.84 Å². The van der Waals surface area contributed by atoms with Gasteiger partial charge in [0.15, 0.2) is 0 Å². The molecule has 0 bridgehead atoms. The minimum Gasteiger partial charge on any atom is -0.387 e. The molecule has 7 heteroatoms. The Morgan fingerprint density at radius 3 is 2.61 bits per heavy atom. The summed E-state index contributed by atoms with van der Waals surface area (Å²) in [5.41, 5.74) is 5.44. The van der Waals surface area contributed by atoms with Gasteiger partial charge in [-0.05, 0) is 25.0 Å². The first-order chi connectivity index (χ1) is 8.51. The van der Waals surface area contributed by atoms with Crippen LogP contribution in [0.2, 0.25) is 0 Å². The number of hydrogen-bond acceptors (Lipinski definition) is 4. The SMILES string of the molecule is N=C(N)C1CCN(S(=O)(=O)c2cccnc2)CC1. The van der Waals surface area contributed by atoms with Gasteiger partial charge in [-0.15, -0.1) is 0 Å². The van der Waals surface area contributed by atoms with Crippen LogP contribution in [0.4, 0.5) is 0 Å². The van der Waals surface area contributed by atoms with E-state index in [0.717, 1.165) is 0 Å². The highest BCUT2D eigenvalue weighted by atomic mass is 32.2. The van der Waals surface area contributed by atoms with E-state index < -0.39 is 10.0 Å². The van der Waals surface area contributed by atoms with Crippen molar-refractivity contribution in [2.24, 2.45) is 11.7 Å². The lowest BCUT2D eigenvalue weighted by atomic mass is 9.97. The highest BCUT2D eigenvalue weighted by Gasteiger charge is 2.30. The molecule has 2 rings (SSSR count). The second-order valence-corrected chi connectivity index (χ2v) is 6.26. The molecule has 1 saturated heterocycles. The summed E-state index contributed by atoms with van der Waals surface area (Å²) in [6.45, 7) is 0.808. The second-order valence-electron chi connectivity index (χ2n) is 4.32. The first-order valence-corrected chi connectivity index (χ1v) is 7.20. The largest absolute Gasteiger partial charge is 0.387 e. The van der Waals surface area contributed by atoms with Gasteiger partial charge in [-0.1, -0.05) is 0 Å². The summed E-state index contributed by atoms with van der Waals surface area (Å²) < 4.78 is 26.0. The topological polar surface area (TPSA) is 100 Å². The predicted octanol–water partition coefficient (Wildman–Crippen LogP) is 0.418. The highest BCUT2D eigenvalue weighted by molar-refractivity contribution is 7.89. The van der Waals surface area contributed by atoms with Crippen molar-refractivity contribution in [3.8, 4) is 0 Å². The Hall–Kier alpha value is -1.47. The summed E-state index contributed by atoms with van der Waals surface area (Å²) in [4.78, 5) is 4.04. The van der Waals surface area contributed by atoms with Crippen LogP contribution in [0, 0.1) is 11.3 Å². The number of piperidine rings is 1. The maximum atomic E-state index is 12.3. The zero-order valence-corrected chi connectivity index (χ0v) is 10.7. The summed E-state index contributed by atoms with van der Waals surface area (Å²) in [7, 11) is -3.45. The van der Waals surface area contributed by atoms with Gasteiger partial charge < -0.3 is 5.73 Å². The minimum atomic E-state index is -3.45. The summed E-state index contributed by atoms with van der Waals surface area (Å²) in [6, 6.07) is 3.15. The van der Waals surface area contributed by atoms with Gasteiger partial charge >= 0.3 is 0 Å². The van der Waals surface area contributed by atoms with Crippen molar-refractivity contribution < 1.29 is 8.42 Å². The molecule has 0 radical (unpaired) electrons. The van der Waals surface area contributed by atoms with E-state index in [1.807, 2.05) is 0 Å². The smallest absolute Gasteiger partial charge is 0.244 e. The van der Waals surface area contributed by atoms with Crippen LogP contribution in [-0.2, 0) is 10.0 Å². The molecule has 0 aromatic carbocycles. The third kappa shape index (κ3) is 2.51. The number of nitrogens with two attached hydrogens (primary N) is 1. The fourth-order valence-electron chi connectivity index (χ4n) is 2.06. The first-order valence-electron chi connectivity index (χ1n) is 5.76. The van der Waals surface area contributed by atoms with Crippen molar-refractivity contribution in [3.63, 3.8) is 0 Å². The molecule has 1 aliphatic heterocycles. The molecule has 1 aromatic rings. The Kier molecular flexibility index (Phi) is 3.63. The summed E-state index contributed by atoms with van der Waals surface area (Å²) >= 11 is 0. The number of sulfonamides is 1. The molecule has 18 heavy (non-hydrogen) atoms. The molecule has 0 unspecified atom stereocenters. The number of aromatic nitrogens is 1. The van der Waals surface area contributed by atoms with Gasteiger partial charge in [0.1, 0.15) is 4.90 Å². The van der Waals surface area contributed by atoms with Gasteiger partial charge in [-0.3, -0.25) is 10.4 Å². The van der Waals surface area contributed by atoms with Gasteiger partial charge in [-0.25, -0.2) is 8.42 Å². The van der Waals surface area contributed by atoms with Crippen LogP contribution in [0.1, 0.15) is 12.8 Å². The molecule has 2 heterocycles. The van der Waals surface area contributed by atoms with Crippen LogP contribution in [0.15, 0.2) is 29.4 Å². The third-order valence-electron chi connectivity index (χ3n) is 3.17. The molecule has 0 spiro atoms. The summed E-state index contributed by atoms with van der Waals surface area (Å²) in [5.74, 6) is 0.152. The summed E-state index contributed by atoms with van der Waals surface area (Å²) in [6.07, 6.45) is 4.11. The monoisotopic (exact) mass is 268 g/mol. The normalized spacial score (nSPS) is 18.7. The van der Waals surface area contributed by atoms with E-state index in [1.165, 1.54) is 10.5 Å². The number of rotatable bonds is 3. The maximum absolute atomic E-state index is 12.3. The van der Waals surface area contributed by atoms with Crippen molar-refractivity contribution in [1.29, 1.82) is 5.41 Å². The van der Waals surface area contributed by atoms with Crippen molar-refractivity contribution in [2.75, 3.05) is 13.1 Å². The van der Waals surface area contributed by atoms with Crippen LogP contribution in [0.3, 0.4) is 0 Å². The highest BCUT2D eigenvalue weighted by Crippen LogP contribution is 2.23. The number of pyridine rings is 1. The van der Waals surface area contributed by atoms with E-state index in [9.17, 15) is 8.42 Å².